The van der Waals surface area contributed by atoms with E-state index in [9.17, 15) is 22.4 Å². The molecule has 1 atom stereocenters. The number of hydrogen-bond donors (Lipinski definition) is 2. The highest BCUT2D eigenvalue weighted by atomic mass is 32.2. The SMILES string of the molecule is O=C(CCNC(=O)[C@H]1CCCN(S(=O)(=O)c2ccc(F)cc2)C1)Nc1ccc2c(c1)OCCO2. The van der Waals surface area contributed by atoms with Gasteiger partial charge in [0, 0.05) is 37.8 Å². The van der Waals surface area contributed by atoms with Crippen LogP contribution in [-0.4, -0.2) is 57.4 Å². The largest absolute Gasteiger partial charge is 0.486 e. The van der Waals surface area contributed by atoms with Crippen molar-refractivity contribution in [3.8, 4) is 11.5 Å². The first kappa shape index (κ1) is 24.0. The lowest BCUT2D eigenvalue weighted by molar-refractivity contribution is -0.126. The van der Waals surface area contributed by atoms with Crippen molar-refractivity contribution in [2.24, 2.45) is 5.92 Å². The molecule has 0 radical (unpaired) electrons. The van der Waals surface area contributed by atoms with Crippen molar-refractivity contribution in [3.05, 3.63) is 48.3 Å². The van der Waals surface area contributed by atoms with Gasteiger partial charge in [0.2, 0.25) is 21.8 Å². The second kappa shape index (κ2) is 10.4. The molecule has 2 aliphatic rings. The van der Waals surface area contributed by atoms with Gasteiger partial charge in [-0.2, -0.15) is 4.31 Å². The minimum absolute atomic E-state index is 0.00855. The van der Waals surface area contributed by atoms with E-state index in [1.165, 1.54) is 16.4 Å². The van der Waals surface area contributed by atoms with Crippen LogP contribution in [0.15, 0.2) is 47.4 Å². The number of hydrogen-bond acceptors (Lipinski definition) is 6. The summed E-state index contributed by atoms with van der Waals surface area (Å²) in [6, 6.07) is 9.74. The molecule has 0 saturated carbocycles. The van der Waals surface area contributed by atoms with E-state index >= 15 is 0 Å². The standard InChI is InChI=1S/C23H26FN3O6S/c24-17-3-6-19(7-4-17)34(30,31)27-11-1-2-16(15-27)23(29)25-10-9-22(28)26-18-5-8-20-21(14-18)33-13-12-32-20/h3-8,14,16H,1-2,9-13,15H2,(H,25,29)(H,26,28)/t16-/m0/s1. The van der Waals surface area contributed by atoms with Crippen molar-refractivity contribution in [1.82, 2.24) is 9.62 Å². The van der Waals surface area contributed by atoms with Crippen LogP contribution < -0.4 is 20.1 Å². The fraction of sp³-hybridized carbons (Fsp3) is 0.391. The summed E-state index contributed by atoms with van der Waals surface area (Å²) in [7, 11) is -3.82. The van der Waals surface area contributed by atoms with E-state index in [4.69, 9.17) is 9.47 Å². The molecule has 0 aliphatic carbocycles. The number of nitrogens with zero attached hydrogens (tertiary/aromatic N) is 1. The van der Waals surface area contributed by atoms with Crippen molar-refractivity contribution < 1.29 is 31.9 Å². The molecule has 0 unspecified atom stereocenters. The topological polar surface area (TPSA) is 114 Å². The molecule has 1 fully saturated rings. The number of benzene rings is 2. The van der Waals surface area contributed by atoms with Gasteiger partial charge in [-0.05, 0) is 49.2 Å². The molecule has 2 amide bonds. The lowest BCUT2D eigenvalue weighted by atomic mass is 9.99. The summed E-state index contributed by atoms with van der Waals surface area (Å²) >= 11 is 0. The Bertz CT molecular complexity index is 1160. The Morgan fingerprint density at radius 1 is 1.06 bits per heavy atom. The summed E-state index contributed by atoms with van der Waals surface area (Å²) in [6.45, 7) is 1.38. The summed E-state index contributed by atoms with van der Waals surface area (Å²) in [4.78, 5) is 24.9. The van der Waals surface area contributed by atoms with E-state index in [1.54, 1.807) is 18.2 Å². The van der Waals surface area contributed by atoms with Crippen LogP contribution >= 0.6 is 0 Å². The Morgan fingerprint density at radius 2 is 1.79 bits per heavy atom. The third-order valence-electron chi connectivity index (χ3n) is 5.68. The molecule has 2 aliphatic heterocycles. The number of carbonyl (C=O) groups excluding carboxylic acids is 2. The molecule has 9 nitrogen and oxygen atoms in total. The van der Waals surface area contributed by atoms with Crippen LogP contribution in [0.5, 0.6) is 11.5 Å². The van der Waals surface area contributed by atoms with E-state index in [2.05, 4.69) is 10.6 Å². The van der Waals surface area contributed by atoms with Crippen LogP contribution in [0.4, 0.5) is 10.1 Å². The second-order valence-corrected chi connectivity index (χ2v) is 10.0. The van der Waals surface area contributed by atoms with E-state index in [-0.39, 0.29) is 36.2 Å². The number of sulfonamides is 1. The molecule has 0 bridgehead atoms. The number of piperidine rings is 1. The van der Waals surface area contributed by atoms with E-state index in [0.29, 0.717) is 49.8 Å². The molecule has 0 spiro atoms. The van der Waals surface area contributed by atoms with Crippen molar-refractivity contribution in [2.45, 2.75) is 24.2 Å². The summed E-state index contributed by atoms with van der Waals surface area (Å²) in [5.74, 6) is -0.431. The maximum Gasteiger partial charge on any atom is 0.243 e. The summed E-state index contributed by atoms with van der Waals surface area (Å²) in [5.41, 5.74) is 0.564. The van der Waals surface area contributed by atoms with Crippen LogP contribution in [0.2, 0.25) is 0 Å². The zero-order chi connectivity index (χ0) is 24.1. The summed E-state index contributed by atoms with van der Waals surface area (Å²) in [6.07, 6.45) is 1.14. The molecule has 2 N–H and O–H groups in total. The van der Waals surface area contributed by atoms with Crippen molar-refractivity contribution >= 4 is 27.5 Å². The molecule has 0 aromatic heterocycles. The fourth-order valence-electron chi connectivity index (χ4n) is 3.92. The van der Waals surface area contributed by atoms with Gasteiger partial charge >= 0.3 is 0 Å². The van der Waals surface area contributed by atoms with Crippen LogP contribution in [0.3, 0.4) is 0 Å². The van der Waals surface area contributed by atoms with Gasteiger partial charge in [-0.3, -0.25) is 9.59 Å². The van der Waals surface area contributed by atoms with Crippen LogP contribution in [0.25, 0.3) is 0 Å². The van der Waals surface area contributed by atoms with Gasteiger partial charge < -0.3 is 20.1 Å². The fourth-order valence-corrected chi connectivity index (χ4v) is 5.44. The van der Waals surface area contributed by atoms with Gasteiger partial charge in [0.25, 0.3) is 0 Å². The maximum absolute atomic E-state index is 13.1. The highest BCUT2D eigenvalue weighted by Crippen LogP contribution is 2.32. The average molecular weight is 492 g/mol. The molecule has 2 heterocycles. The van der Waals surface area contributed by atoms with Crippen molar-refractivity contribution in [3.63, 3.8) is 0 Å². The van der Waals surface area contributed by atoms with Gasteiger partial charge in [-0.1, -0.05) is 0 Å². The van der Waals surface area contributed by atoms with Gasteiger partial charge in [-0.15, -0.1) is 0 Å². The summed E-state index contributed by atoms with van der Waals surface area (Å²) in [5, 5.41) is 5.48. The quantitative estimate of drug-likeness (QED) is 0.614. The van der Waals surface area contributed by atoms with Crippen molar-refractivity contribution in [2.75, 3.05) is 38.2 Å². The van der Waals surface area contributed by atoms with Gasteiger partial charge in [0.1, 0.15) is 19.0 Å². The monoisotopic (exact) mass is 491 g/mol. The summed E-state index contributed by atoms with van der Waals surface area (Å²) < 4.78 is 51.0. The lowest BCUT2D eigenvalue weighted by Crippen LogP contribution is -2.45. The van der Waals surface area contributed by atoms with Crippen LogP contribution in [0, 0.1) is 11.7 Å². The normalized spacial score (nSPS) is 18.2. The Hall–Kier alpha value is -3.18. The second-order valence-electron chi connectivity index (χ2n) is 8.10. The van der Waals surface area contributed by atoms with E-state index < -0.39 is 21.8 Å². The highest BCUT2D eigenvalue weighted by Gasteiger charge is 2.33. The molecule has 182 valence electrons. The number of halogens is 1. The highest BCUT2D eigenvalue weighted by molar-refractivity contribution is 7.89. The zero-order valence-electron chi connectivity index (χ0n) is 18.5. The van der Waals surface area contributed by atoms with Crippen molar-refractivity contribution in [1.29, 1.82) is 0 Å². The lowest BCUT2D eigenvalue weighted by Gasteiger charge is -2.31. The third kappa shape index (κ3) is 5.65. The molecule has 4 rings (SSSR count). The molecular formula is C23H26FN3O6S. The zero-order valence-corrected chi connectivity index (χ0v) is 19.3. The minimum Gasteiger partial charge on any atom is -0.486 e. The van der Waals surface area contributed by atoms with Gasteiger partial charge in [0.05, 0.1) is 10.8 Å². The molecule has 1 saturated heterocycles. The smallest absolute Gasteiger partial charge is 0.243 e. The first-order chi connectivity index (χ1) is 16.3. The van der Waals surface area contributed by atoms with E-state index in [1.807, 2.05) is 0 Å². The number of fused-ring (bicyclic) bond motifs is 1. The number of anilines is 1. The molecule has 2 aromatic rings. The number of ether oxygens (including phenoxy) is 2. The predicted octanol–water partition coefficient (Wildman–Crippen LogP) is 2.14. The molecule has 2 aromatic carbocycles. The Kier molecular flexibility index (Phi) is 7.32. The minimum atomic E-state index is -3.82. The van der Waals surface area contributed by atoms with Crippen LogP contribution in [-0.2, 0) is 19.6 Å². The molecule has 34 heavy (non-hydrogen) atoms. The van der Waals surface area contributed by atoms with Crippen LogP contribution in [0.1, 0.15) is 19.3 Å². The number of rotatable bonds is 7. The average Bonchev–Trinajstić information content (AvgIpc) is 2.84. The molecular weight excluding hydrogens is 465 g/mol. The third-order valence-corrected chi connectivity index (χ3v) is 7.56. The number of carbonyl (C=O) groups is 2. The first-order valence-electron chi connectivity index (χ1n) is 11.1. The van der Waals surface area contributed by atoms with Gasteiger partial charge in [0.15, 0.2) is 11.5 Å². The maximum atomic E-state index is 13.1. The number of nitrogens with one attached hydrogen (secondary N) is 2. The van der Waals surface area contributed by atoms with Gasteiger partial charge in [-0.25, -0.2) is 12.8 Å². The molecule has 11 heteroatoms. The number of amides is 2. The predicted molar refractivity (Wildman–Crippen MR) is 122 cm³/mol. The Labute approximate surface area is 197 Å². The Morgan fingerprint density at radius 3 is 2.56 bits per heavy atom. The van der Waals surface area contributed by atoms with E-state index in [0.717, 1.165) is 12.1 Å². The first-order valence-corrected chi connectivity index (χ1v) is 12.5. The Balaban J connectivity index is 1.26.